The van der Waals surface area contributed by atoms with Crippen LogP contribution in [0.5, 0.6) is 5.75 Å². The van der Waals surface area contributed by atoms with E-state index in [-0.39, 0.29) is 0 Å². The molecular formula is C29H30NOP. The first kappa shape index (κ1) is 22.2. The van der Waals surface area contributed by atoms with E-state index in [1.165, 1.54) is 32.9 Å². The maximum atomic E-state index is 6.54. The second-order valence-corrected chi connectivity index (χ2v) is 9.42. The molecule has 2 atom stereocenters. The van der Waals surface area contributed by atoms with Crippen molar-refractivity contribution in [1.82, 2.24) is 0 Å². The summed E-state index contributed by atoms with van der Waals surface area (Å²) in [4.78, 5) is 4.28. The van der Waals surface area contributed by atoms with E-state index in [9.17, 15) is 0 Å². The van der Waals surface area contributed by atoms with Gasteiger partial charge in [0.1, 0.15) is 12.4 Å². The third-order valence-corrected chi connectivity index (χ3v) is 7.30. The lowest BCUT2D eigenvalue weighted by Gasteiger charge is -2.20. The molecule has 0 saturated carbocycles. The van der Waals surface area contributed by atoms with Crippen LogP contribution in [0.25, 0.3) is 0 Å². The monoisotopic (exact) mass is 439 g/mol. The Kier molecular flexibility index (Phi) is 7.69. The van der Waals surface area contributed by atoms with E-state index in [1.54, 1.807) is 0 Å². The van der Waals surface area contributed by atoms with Crippen molar-refractivity contribution in [3.63, 3.8) is 0 Å². The summed E-state index contributed by atoms with van der Waals surface area (Å²) >= 11 is 0. The third kappa shape index (κ3) is 5.64. The predicted molar refractivity (Wildman–Crippen MR) is 140 cm³/mol. The van der Waals surface area contributed by atoms with Gasteiger partial charge in [-0.15, -0.1) is 0 Å². The number of nitrogens with zero attached hydrogens (tertiary/aromatic N) is 1. The van der Waals surface area contributed by atoms with Crippen molar-refractivity contribution in [2.24, 2.45) is 10.9 Å². The lowest BCUT2D eigenvalue weighted by molar-refractivity contribution is 0.304. The van der Waals surface area contributed by atoms with Crippen LogP contribution >= 0.6 is 8.58 Å². The Hall–Kier alpha value is -2.96. The highest BCUT2D eigenvalue weighted by molar-refractivity contribution is 7.56. The quantitative estimate of drug-likeness (QED) is 0.315. The topological polar surface area (TPSA) is 21.6 Å². The second-order valence-electron chi connectivity index (χ2n) is 8.13. The first-order valence-corrected chi connectivity index (χ1v) is 12.2. The van der Waals surface area contributed by atoms with E-state index in [2.05, 4.69) is 96.9 Å². The van der Waals surface area contributed by atoms with Gasteiger partial charge in [-0.3, -0.25) is 4.99 Å². The lowest BCUT2D eigenvalue weighted by atomic mass is 9.93. The molecule has 0 bridgehead atoms. The van der Waals surface area contributed by atoms with Crippen LogP contribution < -0.4 is 15.3 Å². The van der Waals surface area contributed by atoms with E-state index < -0.39 is 0 Å². The molecule has 32 heavy (non-hydrogen) atoms. The molecule has 1 aliphatic carbocycles. The highest BCUT2D eigenvalue weighted by Gasteiger charge is 2.16. The van der Waals surface area contributed by atoms with Crippen LogP contribution in [0, 0.1) is 12.8 Å². The van der Waals surface area contributed by atoms with Crippen molar-refractivity contribution in [2.45, 2.75) is 26.4 Å². The van der Waals surface area contributed by atoms with Crippen LogP contribution in [0.15, 0.2) is 96.0 Å². The average Bonchev–Trinajstić information content (AvgIpc) is 2.82. The molecule has 4 rings (SSSR count). The zero-order valence-electron chi connectivity index (χ0n) is 18.8. The number of hydrogen-bond acceptors (Lipinski definition) is 2. The molecule has 0 heterocycles. The molecular weight excluding hydrogens is 409 g/mol. The minimum atomic E-state index is 0.511. The molecule has 0 saturated heterocycles. The summed E-state index contributed by atoms with van der Waals surface area (Å²) in [6, 6.07) is 23.5. The van der Waals surface area contributed by atoms with Crippen LogP contribution in [0.4, 0.5) is 0 Å². The number of allylic oxidation sites excluding steroid dienone is 4. The number of benzene rings is 3. The molecule has 0 fully saturated rings. The smallest absolute Gasteiger partial charge is 0.130 e. The summed E-state index contributed by atoms with van der Waals surface area (Å²) in [5.74, 6) is 1.55. The Labute approximate surface area is 193 Å². The van der Waals surface area contributed by atoms with Gasteiger partial charge in [-0.1, -0.05) is 99.6 Å². The van der Waals surface area contributed by atoms with Crippen molar-refractivity contribution in [2.75, 3.05) is 7.05 Å². The molecule has 0 aliphatic heterocycles. The van der Waals surface area contributed by atoms with Crippen LogP contribution in [0.1, 0.15) is 28.7 Å². The van der Waals surface area contributed by atoms with Crippen LogP contribution in [0.3, 0.4) is 0 Å². The van der Waals surface area contributed by atoms with Gasteiger partial charge in [0.2, 0.25) is 0 Å². The maximum absolute atomic E-state index is 6.54. The highest BCUT2D eigenvalue weighted by Crippen LogP contribution is 2.30. The minimum Gasteiger partial charge on any atom is -0.488 e. The van der Waals surface area contributed by atoms with Gasteiger partial charge in [-0.05, 0) is 47.7 Å². The largest absolute Gasteiger partial charge is 0.488 e. The van der Waals surface area contributed by atoms with Crippen molar-refractivity contribution >= 4 is 25.4 Å². The normalized spacial score (nSPS) is 15.8. The third-order valence-electron chi connectivity index (χ3n) is 5.71. The molecule has 2 unspecified atom stereocenters. The summed E-state index contributed by atoms with van der Waals surface area (Å²) in [6.45, 7) is 2.76. The Balaban J connectivity index is 1.68. The zero-order chi connectivity index (χ0) is 22.2. The fraction of sp³-hybridized carbons (Fsp3) is 0.207. The molecule has 162 valence electrons. The van der Waals surface area contributed by atoms with Crippen LogP contribution in [-0.4, -0.2) is 13.3 Å². The SMILES string of the molecule is CN=Cc1cccc(C)c1Pc1cccc(CC2C=CC=CC2)c1OCc1ccccc1. The summed E-state index contributed by atoms with van der Waals surface area (Å²) in [7, 11) is 2.34. The molecule has 0 radical (unpaired) electrons. The molecule has 3 aromatic rings. The molecule has 1 aliphatic rings. The highest BCUT2D eigenvalue weighted by atomic mass is 31.1. The Morgan fingerprint density at radius 2 is 1.84 bits per heavy atom. The van der Waals surface area contributed by atoms with Crippen molar-refractivity contribution in [3.05, 3.63) is 113 Å². The van der Waals surface area contributed by atoms with Gasteiger partial charge in [0.05, 0.1) is 0 Å². The first-order valence-electron chi connectivity index (χ1n) is 11.2. The fourth-order valence-electron chi connectivity index (χ4n) is 4.05. The van der Waals surface area contributed by atoms with Gasteiger partial charge < -0.3 is 4.74 Å². The van der Waals surface area contributed by atoms with Crippen LogP contribution in [0.2, 0.25) is 0 Å². The number of hydrogen-bond donors (Lipinski definition) is 0. The van der Waals surface area contributed by atoms with Gasteiger partial charge in [0.25, 0.3) is 0 Å². The van der Waals surface area contributed by atoms with Gasteiger partial charge in [-0.2, -0.15) is 0 Å². The molecule has 3 heteroatoms. The summed E-state index contributed by atoms with van der Waals surface area (Å²) in [5.41, 5.74) is 4.95. The molecule has 3 aromatic carbocycles. The van der Waals surface area contributed by atoms with Gasteiger partial charge in [-0.25, -0.2) is 0 Å². The summed E-state index contributed by atoms with van der Waals surface area (Å²) < 4.78 is 6.54. The molecule has 0 N–H and O–H groups in total. The van der Waals surface area contributed by atoms with Gasteiger partial charge in [0.15, 0.2) is 0 Å². The van der Waals surface area contributed by atoms with Gasteiger partial charge >= 0.3 is 0 Å². The number of aliphatic imine (C=N–C) groups is 1. The Morgan fingerprint density at radius 3 is 2.62 bits per heavy atom. The Morgan fingerprint density at radius 1 is 1.00 bits per heavy atom. The maximum Gasteiger partial charge on any atom is 0.130 e. The average molecular weight is 440 g/mol. The number of ether oxygens (including phenoxy) is 1. The van der Waals surface area contributed by atoms with E-state index in [1.807, 2.05) is 19.3 Å². The summed E-state index contributed by atoms with van der Waals surface area (Å²) in [6.07, 6.45) is 12.9. The number of rotatable bonds is 8. The number of para-hydroxylation sites is 1. The first-order chi connectivity index (χ1) is 15.7. The van der Waals surface area contributed by atoms with E-state index in [0.29, 0.717) is 21.1 Å². The summed E-state index contributed by atoms with van der Waals surface area (Å²) in [5, 5.41) is 2.59. The molecule has 0 spiro atoms. The van der Waals surface area contributed by atoms with E-state index in [4.69, 9.17) is 4.74 Å². The molecule has 2 nitrogen and oxygen atoms in total. The van der Waals surface area contributed by atoms with Crippen LogP contribution in [-0.2, 0) is 13.0 Å². The predicted octanol–water partition coefficient (Wildman–Crippen LogP) is 5.93. The molecule has 0 aromatic heterocycles. The van der Waals surface area contributed by atoms with Crippen molar-refractivity contribution < 1.29 is 4.74 Å². The fourth-order valence-corrected chi connectivity index (χ4v) is 5.42. The van der Waals surface area contributed by atoms with E-state index >= 15 is 0 Å². The van der Waals surface area contributed by atoms with Crippen molar-refractivity contribution in [1.29, 1.82) is 0 Å². The lowest BCUT2D eigenvalue weighted by Crippen LogP contribution is -2.16. The zero-order valence-corrected chi connectivity index (χ0v) is 19.8. The van der Waals surface area contributed by atoms with Crippen molar-refractivity contribution in [3.8, 4) is 5.75 Å². The standard InChI is InChI=1S/C29H30NOP/c1-22-11-9-17-26(20-30-2)29(22)32-27-18-10-16-25(19-23-12-5-3-6-13-23)28(27)31-21-24-14-7-4-8-15-24/h3-12,14-18,20,23,32H,13,19,21H2,1-2H3. The number of aryl methyl sites for hydroxylation is 1. The Bertz CT molecular complexity index is 1130. The van der Waals surface area contributed by atoms with Gasteiger partial charge in [0, 0.05) is 24.1 Å². The van der Waals surface area contributed by atoms with E-state index in [0.717, 1.165) is 18.6 Å². The minimum absolute atomic E-state index is 0.511. The second kappa shape index (κ2) is 11.1. The molecule has 0 amide bonds.